The van der Waals surface area contributed by atoms with E-state index in [1.807, 2.05) is 0 Å². The minimum Gasteiger partial charge on any atom is -0.507 e. The molecule has 0 aliphatic heterocycles. The standard InChI is InChI=1S/C17H16Br2O5/c18-5-7-23-11-1-3-13(15(20)9-11)17(22)14-4-2-12(10-16(14)21)24-8-6-19/h1-4,9-10,20-21H,5-8H2. The van der Waals surface area contributed by atoms with Gasteiger partial charge in [-0.2, -0.15) is 0 Å². The summed E-state index contributed by atoms with van der Waals surface area (Å²) in [5.74, 6) is 0.0405. The minimum atomic E-state index is -0.482. The van der Waals surface area contributed by atoms with Crippen molar-refractivity contribution in [2.45, 2.75) is 0 Å². The van der Waals surface area contributed by atoms with Gasteiger partial charge in [0.2, 0.25) is 0 Å². The van der Waals surface area contributed by atoms with Crippen molar-refractivity contribution in [3.05, 3.63) is 47.5 Å². The van der Waals surface area contributed by atoms with Crippen LogP contribution in [0, 0.1) is 0 Å². The van der Waals surface area contributed by atoms with E-state index in [0.717, 1.165) is 0 Å². The van der Waals surface area contributed by atoms with Gasteiger partial charge in [0.15, 0.2) is 5.78 Å². The molecule has 0 saturated carbocycles. The largest absolute Gasteiger partial charge is 0.507 e. The molecule has 2 rings (SSSR count). The third-order valence-corrected chi connectivity index (χ3v) is 3.77. The molecule has 0 saturated heterocycles. The fraction of sp³-hybridized carbons (Fsp3) is 0.235. The lowest BCUT2D eigenvalue weighted by Gasteiger charge is -2.10. The highest BCUT2D eigenvalue weighted by Gasteiger charge is 2.18. The first kappa shape index (κ1) is 18.6. The average molecular weight is 460 g/mol. The number of ether oxygens (including phenoxy) is 2. The highest BCUT2D eigenvalue weighted by Crippen LogP contribution is 2.30. The van der Waals surface area contributed by atoms with Crippen molar-refractivity contribution in [2.75, 3.05) is 23.9 Å². The van der Waals surface area contributed by atoms with Crippen LogP contribution in [0.25, 0.3) is 0 Å². The van der Waals surface area contributed by atoms with Crippen LogP contribution in [0.3, 0.4) is 0 Å². The predicted octanol–water partition coefficient (Wildman–Crippen LogP) is 3.88. The number of hydrogen-bond acceptors (Lipinski definition) is 5. The molecule has 0 aliphatic rings. The molecular formula is C17H16Br2O5. The van der Waals surface area contributed by atoms with Crippen molar-refractivity contribution in [1.82, 2.24) is 0 Å². The molecule has 2 aromatic carbocycles. The Hall–Kier alpha value is -1.73. The number of benzene rings is 2. The van der Waals surface area contributed by atoms with E-state index in [2.05, 4.69) is 31.9 Å². The number of alkyl halides is 2. The summed E-state index contributed by atoms with van der Waals surface area (Å²) >= 11 is 6.48. The molecule has 0 amide bonds. The van der Waals surface area contributed by atoms with E-state index in [9.17, 15) is 15.0 Å². The van der Waals surface area contributed by atoms with Gasteiger partial charge < -0.3 is 19.7 Å². The van der Waals surface area contributed by atoms with Crippen LogP contribution in [0.4, 0.5) is 0 Å². The van der Waals surface area contributed by atoms with Gasteiger partial charge in [-0.1, -0.05) is 31.9 Å². The summed E-state index contributed by atoms with van der Waals surface area (Å²) in [7, 11) is 0. The van der Waals surface area contributed by atoms with Crippen LogP contribution < -0.4 is 9.47 Å². The Morgan fingerprint density at radius 1 is 0.833 bits per heavy atom. The summed E-state index contributed by atoms with van der Waals surface area (Å²) in [6, 6.07) is 8.88. The van der Waals surface area contributed by atoms with Gasteiger partial charge in [0.1, 0.15) is 23.0 Å². The number of phenols is 2. The maximum Gasteiger partial charge on any atom is 0.200 e. The van der Waals surface area contributed by atoms with Crippen LogP contribution in [0.5, 0.6) is 23.0 Å². The third-order valence-electron chi connectivity index (χ3n) is 3.12. The molecule has 0 fully saturated rings. The normalized spacial score (nSPS) is 10.4. The summed E-state index contributed by atoms with van der Waals surface area (Å²) in [5.41, 5.74) is 0.177. The lowest BCUT2D eigenvalue weighted by atomic mass is 10.0. The van der Waals surface area contributed by atoms with Gasteiger partial charge in [0.05, 0.1) is 24.3 Å². The van der Waals surface area contributed by atoms with Crippen LogP contribution >= 0.6 is 31.9 Å². The third kappa shape index (κ3) is 4.64. The van der Waals surface area contributed by atoms with Crippen molar-refractivity contribution in [2.24, 2.45) is 0 Å². The number of rotatable bonds is 8. The maximum absolute atomic E-state index is 12.5. The van der Waals surface area contributed by atoms with Crippen LogP contribution in [0.1, 0.15) is 15.9 Å². The Kier molecular flexibility index (Phi) is 6.93. The van der Waals surface area contributed by atoms with E-state index in [4.69, 9.17) is 9.47 Å². The number of aromatic hydroxyl groups is 2. The maximum atomic E-state index is 12.5. The molecule has 0 radical (unpaired) electrons. The Labute approximate surface area is 156 Å². The highest BCUT2D eigenvalue weighted by atomic mass is 79.9. The number of halogens is 2. The first-order valence-corrected chi connectivity index (χ1v) is 9.39. The minimum absolute atomic E-state index is 0.0885. The van der Waals surface area contributed by atoms with E-state index < -0.39 is 5.78 Å². The van der Waals surface area contributed by atoms with Gasteiger partial charge >= 0.3 is 0 Å². The highest BCUT2D eigenvalue weighted by molar-refractivity contribution is 9.09. The Bertz CT molecular complexity index is 659. The molecular weight excluding hydrogens is 444 g/mol. The van der Waals surface area contributed by atoms with Crippen molar-refractivity contribution in [1.29, 1.82) is 0 Å². The zero-order valence-corrected chi connectivity index (χ0v) is 15.8. The molecule has 0 spiro atoms. The van der Waals surface area contributed by atoms with Gasteiger partial charge in [0.25, 0.3) is 0 Å². The molecule has 0 aliphatic carbocycles. The molecule has 0 atom stereocenters. The number of ketones is 1. The molecule has 5 nitrogen and oxygen atoms in total. The molecule has 0 heterocycles. The van der Waals surface area contributed by atoms with Gasteiger partial charge in [-0.25, -0.2) is 0 Å². The number of phenolic OH excluding ortho intramolecular Hbond substituents is 2. The van der Waals surface area contributed by atoms with Crippen LogP contribution in [-0.4, -0.2) is 39.9 Å². The predicted molar refractivity (Wildman–Crippen MR) is 98.2 cm³/mol. The van der Waals surface area contributed by atoms with Gasteiger partial charge in [0, 0.05) is 22.8 Å². The number of carbonyl (C=O) groups excluding carboxylic acids is 1. The van der Waals surface area contributed by atoms with Crippen molar-refractivity contribution < 1.29 is 24.5 Å². The number of carbonyl (C=O) groups is 1. The van der Waals surface area contributed by atoms with Gasteiger partial charge in [-0.3, -0.25) is 4.79 Å². The molecule has 128 valence electrons. The van der Waals surface area contributed by atoms with E-state index in [-0.39, 0.29) is 22.6 Å². The van der Waals surface area contributed by atoms with E-state index in [0.29, 0.717) is 35.4 Å². The zero-order chi connectivity index (χ0) is 17.5. The molecule has 0 bridgehead atoms. The smallest absolute Gasteiger partial charge is 0.200 e. The van der Waals surface area contributed by atoms with Crippen LogP contribution in [0.2, 0.25) is 0 Å². The monoisotopic (exact) mass is 458 g/mol. The number of hydrogen-bond donors (Lipinski definition) is 2. The SMILES string of the molecule is O=C(c1ccc(OCCBr)cc1O)c1ccc(OCCBr)cc1O. The van der Waals surface area contributed by atoms with Crippen molar-refractivity contribution in [3.8, 4) is 23.0 Å². The summed E-state index contributed by atoms with van der Waals surface area (Å²) in [6.45, 7) is 0.896. The molecule has 0 aromatic heterocycles. The fourth-order valence-corrected chi connectivity index (χ4v) is 2.37. The van der Waals surface area contributed by atoms with E-state index in [1.165, 1.54) is 24.3 Å². The Morgan fingerprint density at radius 2 is 1.25 bits per heavy atom. The average Bonchev–Trinajstić information content (AvgIpc) is 2.57. The molecule has 2 N–H and O–H groups in total. The van der Waals surface area contributed by atoms with Gasteiger partial charge in [-0.15, -0.1) is 0 Å². The van der Waals surface area contributed by atoms with Crippen LogP contribution in [-0.2, 0) is 0 Å². The molecule has 24 heavy (non-hydrogen) atoms. The zero-order valence-electron chi connectivity index (χ0n) is 12.7. The lowest BCUT2D eigenvalue weighted by Crippen LogP contribution is -2.04. The summed E-state index contributed by atoms with van der Waals surface area (Å²) in [4.78, 5) is 12.5. The lowest BCUT2D eigenvalue weighted by molar-refractivity contribution is 0.103. The summed E-state index contributed by atoms with van der Waals surface area (Å²) in [5, 5.41) is 21.4. The summed E-state index contributed by atoms with van der Waals surface area (Å²) in [6.07, 6.45) is 0. The Morgan fingerprint density at radius 3 is 1.58 bits per heavy atom. The summed E-state index contributed by atoms with van der Waals surface area (Å²) < 4.78 is 10.7. The van der Waals surface area contributed by atoms with E-state index >= 15 is 0 Å². The second-order valence-electron chi connectivity index (χ2n) is 4.76. The van der Waals surface area contributed by atoms with Crippen LogP contribution in [0.15, 0.2) is 36.4 Å². The van der Waals surface area contributed by atoms with E-state index in [1.54, 1.807) is 12.1 Å². The molecule has 0 unspecified atom stereocenters. The van der Waals surface area contributed by atoms with Crippen molar-refractivity contribution >= 4 is 37.6 Å². The topological polar surface area (TPSA) is 76.0 Å². The second-order valence-corrected chi connectivity index (χ2v) is 6.35. The quantitative estimate of drug-likeness (QED) is 0.462. The molecule has 2 aromatic rings. The Balaban J connectivity index is 2.22. The van der Waals surface area contributed by atoms with Gasteiger partial charge in [-0.05, 0) is 24.3 Å². The first-order chi connectivity index (χ1) is 11.6. The first-order valence-electron chi connectivity index (χ1n) is 7.15. The molecule has 7 heteroatoms. The van der Waals surface area contributed by atoms with Crippen molar-refractivity contribution in [3.63, 3.8) is 0 Å². The second kappa shape index (κ2) is 8.94. The fourth-order valence-electron chi connectivity index (χ4n) is 2.04.